The molecule has 0 aromatic heterocycles. The van der Waals surface area contributed by atoms with Gasteiger partial charge < -0.3 is 10.0 Å². The lowest BCUT2D eigenvalue weighted by Gasteiger charge is -2.17. The van der Waals surface area contributed by atoms with Crippen LogP contribution in [0.4, 0.5) is 5.69 Å². The second-order valence-corrected chi connectivity index (χ2v) is 5.65. The maximum absolute atomic E-state index is 9.11. The summed E-state index contributed by atoms with van der Waals surface area (Å²) in [5.41, 5.74) is 3.76. The fourth-order valence-corrected chi connectivity index (χ4v) is 3.33. The van der Waals surface area contributed by atoms with Crippen molar-refractivity contribution >= 4 is 22.6 Å². The van der Waals surface area contributed by atoms with Gasteiger partial charge in [-0.15, -0.1) is 0 Å². The maximum atomic E-state index is 9.11. The van der Waals surface area contributed by atoms with Crippen LogP contribution in [0.2, 0.25) is 0 Å². The summed E-state index contributed by atoms with van der Waals surface area (Å²) in [7, 11) is 0. The number of rotatable bonds is 5. The van der Waals surface area contributed by atoms with Gasteiger partial charge in [0, 0.05) is 18.8 Å². The molecule has 0 bridgehead atoms. The summed E-state index contributed by atoms with van der Waals surface area (Å²) in [6, 6.07) is 6.44. The highest BCUT2D eigenvalue weighted by atomic mass is 32.2. The molecule has 4 heteroatoms. The Labute approximate surface area is 119 Å². The molecule has 1 aromatic carbocycles. The first-order valence-electron chi connectivity index (χ1n) is 6.98. The van der Waals surface area contributed by atoms with E-state index in [0.29, 0.717) is 6.54 Å². The molecule has 19 heavy (non-hydrogen) atoms. The van der Waals surface area contributed by atoms with E-state index in [1.54, 1.807) is 11.8 Å². The van der Waals surface area contributed by atoms with Crippen molar-refractivity contribution < 1.29 is 5.11 Å². The molecule has 1 saturated heterocycles. The number of benzene rings is 1. The van der Waals surface area contributed by atoms with E-state index < -0.39 is 0 Å². The summed E-state index contributed by atoms with van der Waals surface area (Å²) in [5, 5.41) is 10.2. The molecule has 1 aliphatic heterocycles. The van der Waals surface area contributed by atoms with Crippen LogP contribution in [0.25, 0.3) is 0 Å². The van der Waals surface area contributed by atoms with Crippen molar-refractivity contribution in [3.8, 4) is 0 Å². The number of nitrogens with zero attached hydrogens (tertiary/aromatic N) is 2. The van der Waals surface area contributed by atoms with Gasteiger partial charge >= 0.3 is 0 Å². The molecule has 0 spiro atoms. The summed E-state index contributed by atoms with van der Waals surface area (Å²) in [6.45, 7) is 6.20. The quantitative estimate of drug-likeness (QED) is 0.899. The van der Waals surface area contributed by atoms with Crippen LogP contribution in [0, 0.1) is 0 Å². The average Bonchev–Trinajstić information content (AvgIpc) is 2.87. The fourth-order valence-electron chi connectivity index (χ4n) is 2.32. The monoisotopic (exact) mass is 278 g/mol. The van der Waals surface area contributed by atoms with E-state index in [2.05, 4.69) is 36.9 Å². The van der Waals surface area contributed by atoms with Crippen LogP contribution < -0.4 is 0 Å². The Kier molecular flexibility index (Phi) is 5.28. The van der Waals surface area contributed by atoms with Gasteiger partial charge in [-0.1, -0.05) is 43.8 Å². The van der Waals surface area contributed by atoms with Crippen molar-refractivity contribution in [1.82, 2.24) is 4.90 Å². The van der Waals surface area contributed by atoms with Crippen molar-refractivity contribution in [2.45, 2.75) is 26.7 Å². The Balaban J connectivity index is 2.35. The Bertz CT molecular complexity index is 437. The Morgan fingerprint density at radius 2 is 1.95 bits per heavy atom. The third-order valence-electron chi connectivity index (χ3n) is 3.41. The predicted molar refractivity (Wildman–Crippen MR) is 83.4 cm³/mol. The van der Waals surface area contributed by atoms with Crippen LogP contribution in [-0.4, -0.2) is 40.6 Å². The van der Waals surface area contributed by atoms with E-state index in [9.17, 15) is 0 Å². The van der Waals surface area contributed by atoms with Gasteiger partial charge in [0.05, 0.1) is 12.3 Å². The minimum absolute atomic E-state index is 0.190. The van der Waals surface area contributed by atoms with E-state index in [1.165, 1.54) is 11.1 Å². The number of hydrogen-bond donors (Lipinski definition) is 1. The zero-order chi connectivity index (χ0) is 13.7. The highest BCUT2D eigenvalue weighted by molar-refractivity contribution is 8.14. The molecule has 2 rings (SSSR count). The average molecular weight is 278 g/mol. The second kappa shape index (κ2) is 6.96. The van der Waals surface area contributed by atoms with E-state index in [-0.39, 0.29) is 6.61 Å². The highest BCUT2D eigenvalue weighted by Crippen LogP contribution is 2.29. The normalized spacial score (nSPS) is 17.4. The van der Waals surface area contributed by atoms with Gasteiger partial charge in [-0.25, -0.2) is 4.99 Å². The van der Waals surface area contributed by atoms with E-state index in [0.717, 1.165) is 36.0 Å². The number of β-amino-alcohol motifs (C(OH)–C–C–N with tert-alkyl or cyclic N) is 1. The lowest BCUT2D eigenvalue weighted by atomic mass is 10.0. The highest BCUT2D eigenvalue weighted by Gasteiger charge is 2.19. The lowest BCUT2D eigenvalue weighted by molar-refractivity contribution is 0.257. The molecule has 1 fully saturated rings. The molecule has 104 valence electrons. The first-order chi connectivity index (χ1) is 9.30. The summed E-state index contributed by atoms with van der Waals surface area (Å²) < 4.78 is 0. The molecule has 3 nitrogen and oxygen atoms in total. The largest absolute Gasteiger partial charge is 0.395 e. The summed E-state index contributed by atoms with van der Waals surface area (Å²) in [6.07, 6.45) is 2.01. The number of aryl methyl sites for hydroxylation is 2. The fraction of sp³-hybridized carbons (Fsp3) is 0.533. The molecule has 1 aliphatic rings. The molecule has 0 amide bonds. The van der Waals surface area contributed by atoms with Crippen molar-refractivity contribution in [2.24, 2.45) is 4.99 Å². The molecule has 0 aliphatic carbocycles. The Morgan fingerprint density at radius 1 is 1.26 bits per heavy atom. The van der Waals surface area contributed by atoms with Gasteiger partial charge in [0.15, 0.2) is 5.17 Å². The van der Waals surface area contributed by atoms with Crippen molar-refractivity contribution in [1.29, 1.82) is 0 Å². The minimum atomic E-state index is 0.190. The van der Waals surface area contributed by atoms with Gasteiger partial charge in [-0.2, -0.15) is 0 Å². The van der Waals surface area contributed by atoms with Gasteiger partial charge in [-0.05, 0) is 24.0 Å². The topological polar surface area (TPSA) is 35.8 Å². The molecule has 0 saturated carbocycles. The summed E-state index contributed by atoms with van der Waals surface area (Å²) in [4.78, 5) is 7.07. The van der Waals surface area contributed by atoms with Crippen molar-refractivity contribution in [2.75, 3.05) is 25.4 Å². The first kappa shape index (κ1) is 14.4. The number of para-hydroxylation sites is 1. The predicted octanol–water partition coefficient (Wildman–Crippen LogP) is 2.84. The second-order valence-electron chi connectivity index (χ2n) is 4.59. The van der Waals surface area contributed by atoms with Crippen LogP contribution in [0.3, 0.4) is 0 Å². The molecule has 1 heterocycles. The van der Waals surface area contributed by atoms with Crippen LogP contribution in [0.1, 0.15) is 25.0 Å². The first-order valence-corrected chi connectivity index (χ1v) is 7.96. The Morgan fingerprint density at radius 3 is 2.53 bits per heavy atom. The molecule has 0 radical (unpaired) electrons. The van der Waals surface area contributed by atoms with E-state index >= 15 is 0 Å². The summed E-state index contributed by atoms with van der Waals surface area (Å²) >= 11 is 1.79. The number of amidine groups is 1. The molecule has 0 unspecified atom stereocenters. The zero-order valence-corrected chi connectivity index (χ0v) is 12.5. The summed E-state index contributed by atoms with van der Waals surface area (Å²) in [5.74, 6) is 1.06. The van der Waals surface area contributed by atoms with Crippen LogP contribution in [0.5, 0.6) is 0 Å². The third kappa shape index (κ3) is 3.31. The minimum Gasteiger partial charge on any atom is -0.395 e. The SMILES string of the molecule is CCc1cccc(CC)c1N=C1SCCN1CCO. The van der Waals surface area contributed by atoms with Gasteiger partial charge in [0.2, 0.25) is 0 Å². The number of aliphatic hydroxyl groups is 1. The Hall–Kier alpha value is -1.00. The molecule has 1 aromatic rings. The van der Waals surface area contributed by atoms with Gasteiger partial charge in [-0.3, -0.25) is 0 Å². The standard InChI is InChI=1S/C15H22N2OS/c1-3-12-6-5-7-13(4-2)14(12)16-15-17(8-10-18)9-11-19-15/h5-7,18H,3-4,8-11H2,1-2H3. The van der Waals surface area contributed by atoms with Crippen molar-refractivity contribution in [3.05, 3.63) is 29.3 Å². The maximum Gasteiger partial charge on any atom is 0.164 e. The number of hydrogen-bond acceptors (Lipinski definition) is 3. The zero-order valence-electron chi connectivity index (χ0n) is 11.7. The van der Waals surface area contributed by atoms with Crippen molar-refractivity contribution in [3.63, 3.8) is 0 Å². The number of aliphatic hydroxyl groups excluding tert-OH is 1. The third-order valence-corrected chi connectivity index (χ3v) is 4.40. The molecular weight excluding hydrogens is 256 g/mol. The van der Waals surface area contributed by atoms with Gasteiger partial charge in [0.1, 0.15) is 0 Å². The van der Waals surface area contributed by atoms with Gasteiger partial charge in [0.25, 0.3) is 0 Å². The van der Waals surface area contributed by atoms with E-state index in [1.807, 2.05) is 0 Å². The smallest absolute Gasteiger partial charge is 0.164 e. The lowest BCUT2D eigenvalue weighted by Crippen LogP contribution is -2.27. The number of aliphatic imine (C=N–C) groups is 1. The molecule has 0 atom stereocenters. The number of thioether (sulfide) groups is 1. The van der Waals surface area contributed by atoms with Crippen LogP contribution >= 0.6 is 11.8 Å². The molecule has 1 N–H and O–H groups in total. The van der Waals surface area contributed by atoms with E-state index in [4.69, 9.17) is 10.1 Å². The van der Waals surface area contributed by atoms with Crippen LogP contribution in [0.15, 0.2) is 23.2 Å². The molecular formula is C15H22N2OS. The van der Waals surface area contributed by atoms with Crippen LogP contribution in [-0.2, 0) is 12.8 Å².